The van der Waals surface area contributed by atoms with Gasteiger partial charge in [-0.25, -0.2) is 4.98 Å². The highest BCUT2D eigenvalue weighted by atomic mass is 32.1. The van der Waals surface area contributed by atoms with E-state index in [-0.39, 0.29) is 5.41 Å². The van der Waals surface area contributed by atoms with Crippen molar-refractivity contribution in [3.8, 4) is 0 Å². The van der Waals surface area contributed by atoms with Gasteiger partial charge in [0.15, 0.2) is 0 Å². The number of thiazole rings is 1. The maximum atomic E-state index is 4.56. The molecular formula is C13H22N2S. The standard InChI is InChI=1S/C13H22N2S/c1-10-5-7-15(8-6-10)12-11(13(2,3)4)14-9-16-12/h9-10H,5-8H2,1-4H3. The van der Waals surface area contributed by atoms with E-state index in [1.807, 2.05) is 5.51 Å². The molecule has 0 atom stereocenters. The van der Waals surface area contributed by atoms with E-state index in [9.17, 15) is 0 Å². The van der Waals surface area contributed by atoms with Crippen LogP contribution in [0.4, 0.5) is 5.00 Å². The number of piperidine rings is 1. The van der Waals surface area contributed by atoms with Crippen molar-refractivity contribution in [2.24, 2.45) is 5.92 Å². The monoisotopic (exact) mass is 238 g/mol. The summed E-state index contributed by atoms with van der Waals surface area (Å²) in [5, 5.41) is 1.40. The average Bonchev–Trinajstić information content (AvgIpc) is 2.66. The third kappa shape index (κ3) is 2.40. The summed E-state index contributed by atoms with van der Waals surface area (Å²) in [5.41, 5.74) is 3.43. The zero-order chi connectivity index (χ0) is 11.8. The van der Waals surface area contributed by atoms with E-state index >= 15 is 0 Å². The predicted octanol–water partition coefficient (Wildman–Crippen LogP) is 3.68. The van der Waals surface area contributed by atoms with E-state index in [4.69, 9.17) is 0 Å². The van der Waals surface area contributed by atoms with Crippen LogP contribution in [0.3, 0.4) is 0 Å². The molecule has 1 aromatic rings. The summed E-state index contributed by atoms with van der Waals surface area (Å²) in [6.45, 7) is 11.5. The Kier molecular flexibility index (Phi) is 3.24. The topological polar surface area (TPSA) is 16.1 Å². The Hall–Kier alpha value is -0.570. The highest BCUT2D eigenvalue weighted by Gasteiger charge is 2.26. The second kappa shape index (κ2) is 4.36. The normalized spacial score (nSPS) is 19.1. The molecule has 1 aliphatic rings. The van der Waals surface area contributed by atoms with Crippen LogP contribution in [0.5, 0.6) is 0 Å². The molecule has 1 aliphatic heterocycles. The number of rotatable bonds is 1. The first-order valence-corrected chi connectivity index (χ1v) is 7.05. The summed E-state index contributed by atoms with van der Waals surface area (Å²) in [6.07, 6.45) is 2.64. The van der Waals surface area contributed by atoms with Gasteiger partial charge in [0, 0.05) is 18.5 Å². The summed E-state index contributed by atoms with van der Waals surface area (Å²) in [5.74, 6) is 0.891. The van der Waals surface area contributed by atoms with Gasteiger partial charge in [0.2, 0.25) is 0 Å². The van der Waals surface area contributed by atoms with Crippen molar-refractivity contribution in [2.75, 3.05) is 18.0 Å². The van der Waals surface area contributed by atoms with Crippen LogP contribution in [-0.2, 0) is 5.41 Å². The summed E-state index contributed by atoms with van der Waals surface area (Å²) in [6, 6.07) is 0. The second-order valence-corrected chi connectivity index (χ2v) is 6.76. The van der Waals surface area contributed by atoms with Crippen LogP contribution in [0.1, 0.15) is 46.2 Å². The lowest BCUT2D eigenvalue weighted by molar-refractivity contribution is 0.437. The van der Waals surface area contributed by atoms with Gasteiger partial charge in [-0.1, -0.05) is 27.7 Å². The molecular weight excluding hydrogens is 216 g/mol. The highest BCUT2D eigenvalue weighted by Crippen LogP contribution is 2.36. The Balaban J connectivity index is 2.18. The molecule has 1 fully saturated rings. The molecule has 2 heterocycles. The van der Waals surface area contributed by atoms with Gasteiger partial charge >= 0.3 is 0 Å². The summed E-state index contributed by atoms with van der Waals surface area (Å²) < 4.78 is 0. The average molecular weight is 238 g/mol. The Morgan fingerprint density at radius 3 is 2.50 bits per heavy atom. The zero-order valence-corrected chi connectivity index (χ0v) is 11.6. The predicted molar refractivity (Wildman–Crippen MR) is 71.4 cm³/mol. The van der Waals surface area contributed by atoms with Crippen molar-refractivity contribution < 1.29 is 0 Å². The van der Waals surface area contributed by atoms with E-state index in [0.717, 1.165) is 5.92 Å². The summed E-state index contributed by atoms with van der Waals surface area (Å²) in [7, 11) is 0. The van der Waals surface area contributed by atoms with Gasteiger partial charge in [-0.3, -0.25) is 0 Å². The molecule has 0 saturated carbocycles. The molecule has 0 aromatic carbocycles. The minimum Gasteiger partial charge on any atom is -0.362 e. The molecule has 1 aromatic heterocycles. The molecule has 2 rings (SSSR count). The first-order chi connectivity index (χ1) is 7.48. The third-order valence-electron chi connectivity index (χ3n) is 3.33. The molecule has 0 bridgehead atoms. The van der Waals surface area contributed by atoms with Crippen LogP contribution in [0.25, 0.3) is 0 Å². The molecule has 16 heavy (non-hydrogen) atoms. The van der Waals surface area contributed by atoms with Crippen LogP contribution in [-0.4, -0.2) is 18.1 Å². The van der Waals surface area contributed by atoms with Gasteiger partial charge in [0.1, 0.15) is 5.00 Å². The number of nitrogens with zero attached hydrogens (tertiary/aromatic N) is 2. The second-order valence-electron chi connectivity index (χ2n) is 5.93. The Morgan fingerprint density at radius 2 is 1.94 bits per heavy atom. The molecule has 3 heteroatoms. The lowest BCUT2D eigenvalue weighted by Crippen LogP contribution is -2.33. The lowest BCUT2D eigenvalue weighted by atomic mass is 9.91. The van der Waals surface area contributed by atoms with Gasteiger partial charge in [-0.2, -0.15) is 0 Å². The molecule has 0 N–H and O–H groups in total. The van der Waals surface area contributed by atoms with Crippen molar-refractivity contribution in [3.05, 3.63) is 11.2 Å². The molecule has 0 amide bonds. The molecule has 1 saturated heterocycles. The van der Waals surface area contributed by atoms with Crippen LogP contribution < -0.4 is 4.90 Å². The fraction of sp³-hybridized carbons (Fsp3) is 0.769. The van der Waals surface area contributed by atoms with E-state index in [0.29, 0.717) is 0 Å². The number of hydrogen-bond donors (Lipinski definition) is 0. The van der Waals surface area contributed by atoms with Crippen molar-refractivity contribution in [1.29, 1.82) is 0 Å². The van der Waals surface area contributed by atoms with Crippen LogP contribution in [0.15, 0.2) is 5.51 Å². The molecule has 0 aliphatic carbocycles. The summed E-state index contributed by atoms with van der Waals surface area (Å²) in [4.78, 5) is 7.08. The highest BCUT2D eigenvalue weighted by molar-refractivity contribution is 7.14. The number of aromatic nitrogens is 1. The van der Waals surface area contributed by atoms with Crippen LogP contribution in [0.2, 0.25) is 0 Å². The third-order valence-corrected chi connectivity index (χ3v) is 4.22. The maximum Gasteiger partial charge on any atom is 0.115 e. The molecule has 0 spiro atoms. The van der Waals surface area contributed by atoms with E-state index in [1.54, 1.807) is 11.3 Å². The quantitative estimate of drug-likeness (QED) is 0.742. The molecule has 0 unspecified atom stereocenters. The van der Waals surface area contributed by atoms with E-state index in [2.05, 4.69) is 37.6 Å². The minimum absolute atomic E-state index is 0.165. The Bertz CT molecular complexity index is 343. The zero-order valence-electron chi connectivity index (χ0n) is 10.8. The van der Waals surface area contributed by atoms with Gasteiger partial charge < -0.3 is 4.90 Å². The fourth-order valence-electron chi connectivity index (χ4n) is 2.19. The van der Waals surface area contributed by atoms with Crippen LogP contribution in [0, 0.1) is 5.92 Å². The summed E-state index contributed by atoms with van der Waals surface area (Å²) >= 11 is 1.80. The van der Waals surface area contributed by atoms with Crippen molar-refractivity contribution in [2.45, 2.75) is 46.0 Å². The van der Waals surface area contributed by atoms with Crippen LogP contribution >= 0.6 is 11.3 Å². The van der Waals surface area contributed by atoms with Crippen molar-refractivity contribution >= 4 is 16.3 Å². The van der Waals surface area contributed by atoms with Gasteiger partial charge in [-0.15, -0.1) is 11.3 Å². The van der Waals surface area contributed by atoms with E-state index in [1.165, 1.54) is 36.6 Å². The van der Waals surface area contributed by atoms with Gasteiger partial charge in [0.05, 0.1) is 11.2 Å². The van der Waals surface area contributed by atoms with Crippen molar-refractivity contribution in [1.82, 2.24) is 4.98 Å². The number of hydrogen-bond acceptors (Lipinski definition) is 3. The Morgan fingerprint density at radius 1 is 1.31 bits per heavy atom. The van der Waals surface area contributed by atoms with E-state index < -0.39 is 0 Å². The largest absolute Gasteiger partial charge is 0.362 e. The van der Waals surface area contributed by atoms with Gasteiger partial charge in [0.25, 0.3) is 0 Å². The smallest absolute Gasteiger partial charge is 0.115 e. The van der Waals surface area contributed by atoms with Gasteiger partial charge in [-0.05, 0) is 18.8 Å². The maximum absolute atomic E-state index is 4.56. The lowest BCUT2D eigenvalue weighted by Gasteiger charge is -2.33. The fourth-order valence-corrected chi connectivity index (χ4v) is 3.25. The molecule has 2 nitrogen and oxygen atoms in total. The van der Waals surface area contributed by atoms with Crippen molar-refractivity contribution in [3.63, 3.8) is 0 Å². The minimum atomic E-state index is 0.165. The first-order valence-electron chi connectivity index (χ1n) is 6.17. The Labute approximate surface area is 103 Å². The molecule has 0 radical (unpaired) electrons. The molecule has 90 valence electrons. The number of anilines is 1. The SMILES string of the molecule is CC1CCN(c2scnc2C(C)(C)C)CC1. The first kappa shape index (κ1) is 11.9.